The molecule has 1 N–H and O–H groups in total. The van der Waals surface area contributed by atoms with Crippen molar-refractivity contribution in [2.75, 3.05) is 6.54 Å². The van der Waals surface area contributed by atoms with Crippen LogP contribution in [0.3, 0.4) is 0 Å². The van der Waals surface area contributed by atoms with Gasteiger partial charge in [0, 0.05) is 10.9 Å². The van der Waals surface area contributed by atoms with Crippen molar-refractivity contribution in [2.24, 2.45) is 0 Å². The van der Waals surface area contributed by atoms with Crippen molar-refractivity contribution in [2.45, 2.75) is 26.3 Å². The van der Waals surface area contributed by atoms with Gasteiger partial charge in [-0.3, -0.25) is 0 Å². The third-order valence-corrected chi connectivity index (χ3v) is 4.40. The molecule has 1 aromatic carbocycles. The van der Waals surface area contributed by atoms with Gasteiger partial charge in [0.1, 0.15) is 11.6 Å². The van der Waals surface area contributed by atoms with Gasteiger partial charge >= 0.3 is 0 Å². The number of rotatable bonds is 5. The number of hydrogen-bond acceptors (Lipinski definition) is 3. The molecule has 0 bridgehead atoms. The second kappa shape index (κ2) is 6.74. The Bertz CT molecular complexity index is 601. The Morgan fingerprint density at radius 2 is 2.15 bits per heavy atom. The summed E-state index contributed by atoms with van der Waals surface area (Å²) < 4.78 is 28.2. The Labute approximate surface area is 129 Å². The molecule has 1 unspecified atom stereocenters. The number of nitrogens with zero attached hydrogens (tertiary/aromatic N) is 1. The van der Waals surface area contributed by atoms with Gasteiger partial charge in [-0.2, -0.15) is 0 Å². The van der Waals surface area contributed by atoms with Gasteiger partial charge < -0.3 is 5.32 Å². The van der Waals surface area contributed by atoms with Crippen LogP contribution in [0.2, 0.25) is 0 Å². The van der Waals surface area contributed by atoms with Crippen LogP contribution in [0, 0.1) is 18.6 Å². The lowest BCUT2D eigenvalue weighted by molar-refractivity contribution is 0.492. The molecule has 2 rings (SSSR count). The van der Waals surface area contributed by atoms with Crippen LogP contribution in [-0.4, -0.2) is 11.5 Å². The number of halogens is 3. The number of likely N-dealkylation sites (N-methyl/N-ethyl adjacent to an activating group) is 1. The SMILES string of the molecule is CCNC(Cc1c(F)ccc(Br)c1F)c1csc(C)n1. The van der Waals surface area contributed by atoms with Gasteiger partial charge in [-0.1, -0.05) is 6.92 Å². The topological polar surface area (TPSA) is 24.9 Å². The molecule has 0 saturated carbocycles. The third kappa shape index (κ3) is 3.42. The number of aryl methyl sites for hydroxylation is 1. The van der Waals surface area contributed by atoms with Crippen LogP contribution in [0.4, 0.5) is 8.78 Å². The first kappa shape index (κ1) is 15.5. The zero-order valence-electron chi connectivity index (χ0n) is 11.2. The summed E-state index contributed by atoms with van der Waals surface area (Å²) in [5.74, 6) is -1.07. The van der Waals surface area contributed by atoms with E-state index in [1.807, 2.05) is 19.2 Å². The summed E-state index contributed by atoms with van der Waals surface area (Å²) in [7, 11) is 0. The number of aromatic nitrogens is 1. The zero-order valence-corrected chi connectivity index (χ0v) is 13.6. The van der Waals surface area contributed by atoms with E-state index in [1.165, 1.54) is 23.5 Å². The third-order valence-electron chi connectivity index (χ3n) is 2.99. The van der Waals surface area contributed by atoms with Gasteiger partial charge in [-0.05, 0) is 48.0 Å². The van der Waals surface area contributed by atoms with Gasteiger partial charge in [0.2, 0.25) is 0 Å². The van der Waals surface area contributed by atoms with Gasteiger partial charge in [0.05, 0.1) is 21.2 Å². The van der Waals surface area contributed by atoms with E-state index in [4.69, 9.17) is 0 Å². The first-order valence-electron chi connectivity index (χ1n) is 6.30. The smallest absolute Gasteiger partial charge is 0.143 e. The normalized spacial score (nSPS) is 12.7. The molecule has 0 aliphatic heterocycles. The second-order valence-corrected chi connectivity index (χ2v) is 6.34. The predicted molar refractivity (Wildman–Crippen MR) is 81.0 cm³/mol. The van der Waals surface area contributed by atoms with Crippen LogP contribution in [0.15, 0.2) is 22.0 Å². The molecule has 0 saturated heterocycles. The van der Waals surface area contributed by atoms with Crippen molar-refractivity contribution in [3.05, 3.63) is 49.9 Å². The number of benzene rings is 1. The minimum Gasteiger partial charge on any atom is -0.309 e. The minimum atomic E-state index is -0.542. The summed E-state index contributed by atoms with van der Waals surface area (Å²) in [4.78, 5) is 4.41. The monoisotopic (exact) mass is 360 g/mol. The highest BCUT2D eigenvalue weighted by atomic mass is 79.9. The molecule has 1 aromatic heterocycles. The van der Waals surface area contributed by atoms with Crippen LogP contribution in [0.5, 0.6) is 0 Å². The standard InChI is InChI=1S/C14H15BrF2N2S/c1-3-18-12(13-7-20-8(2)19-13)6-9-11(16)5-4-10(15)14(9)17/h4-5,7,12,18H,3,6H2,1-2H3. The van der Waals surface area contributed by atoms with E-state index in [0.717, 1.165) is 10.7 Å². The van der Waals surface area contributed by atoms with Crippen LogP contribution < -0.4 is 5.32 Å². The van der Waals surface area contributed by atoms with E-state index in [-0.39, 0.29) is 22.5 Å². The fourth-order valence-corrected chi connectivity index (χ4v) is 3.07. The van der Waals surface area contributed by atoms with Crippen molar-refractivity contribution < 1.29 is 8.78 Å². The lowest BCUT2D eigenvalue weighted by Crippen LogP contribution is -2.24. The minimum absolute atomic E-state index is 0.0796. The van der Waals surface area contributed by atoms with E-state index >= 15 is 0 Å². The maximum atomic E-state index is 14.1. The van der Waals surface area contributed by atoms with Crippen LogP contribution in [-0.2, 0) is 6.42 Å². The highest BCUT2D eigenvalue weighted by Crippen LogP contribution is 2.27. The number of thiazole rings is 1. The summed E-state index contributed by atoms with van der Waals surface area (Å²) in [5, 5.41) is 6.10. The summed E-state index contributed by atoms with van der Waals surface area (Å²) in [6.45, 7) is 4.58. The van der Waals surface area contributed by atoms with Gasteiger partial charge in [0.25, 0.3) is 0 Å². The number of hydrogen-bond donors (Lipinski definition) is 1. The molecule has 20 heavy (non-hydrogen) atoms. The molecule has 0 amide bonds. The van der Waals surface area contributed by atoms with Crippen LogP contribution in [0.1, 0.15) is 29.2 Å². The average molecular weight is 361 g/mol. The molecular formula is C14H15BrF2N2S. The largest absolute Gasteiger partial charge is 0.309 e. The summed E-state index contributed by atoms with van der Waals surface area (Å²) in [6, 6.07) is 2.46. The maximum absolute atomic E-state index is 14.1. The average Bonchev–Trinajstić information content (AvgIpc) is 2.84. The molecule has 0 spiro atoms. The predicted octanol–water partition coefficient (Wildman–Crippen LogP) is 4.39. The van der Waals surface area contributed by atoms with E-state index in [2.05, 4.69) is 26.2 Å². The number of nitrogens with one attached hydrogen (secondary N) is 1. The van der Waals surface area contributed by atoms with Crippen LogP contribution in [0.25, 0.3) is 0 Å². The molecule has 108 valence electrons. The first-order valence-corrected chi connectivity index (χ1v) is 7.98. The lowest BCUT2D eigenvalue weighted by atomic mass is 10.0. The Balaban J connectivity index is 2.31. The first-order chi connectivity index (χ1) is 9.52. The van der Waals surface area contributed by atoms with E-state index < -0.39 is 11.6 Å². The second-order valence-electron chi connectivity index (χ2n) is 4.43. The van der Waals surface area contributed by atoms with Crippen molar-refractivity contribution in [3.8, 4) is 0 Å². The molecule has 0 aliphatic rings. The quantitative estimate of drug-likeness (QED) is 0.800. The lowest BCUT2D eigenvalue weighted by Gasteiger charge is -2.17. The fourth-order valence-electron chi connectivity index (χ4n) is 2.03. The molecule has 6 heteroatoms. The Kier molecular flexibility index (Phi) is 5.23. The van der Waals surface area contributed by atoms with Crippen molar-refractivity contribution >= 4 is 27.3 Å². The molecule has 1 heterocycles. The molecule has 2 aromatic rings. The molecule has 0 radical (unpaired) electrons. The Hall–Kier alpha value is -0.850. The van der Waals surface area contributed by atoms with Crippen LogP contribution >= 0.6 is 27.3 Å². The molecule has 2 nitrogen and oxygen atoms in total. The summed E-state index contributed by atoms with van der Waals surface area (Å²) in [5.41, 5.74) is 0.907. The maximum Gasteiger partial charge on any atom is 0.143 e. The van der Waals surface area contributed by atoms with Crippen molar-refractivity contribution in [1.29, 1.82) is 0 Å². The van der Waals surface area contributed by atoms with E-state index in [1.54, 1.807) is 0 Å². The van der Waals surface area contributed by atoms with Gasteiger partial charge in [0.15, 0.2) is 0 Å². The summed E-state index contributed by atoms with van der Waals surface area (Å²) in [6.07, 6.45) is 0.230. The highest BCUT2D eigenvalue weighted by Gasteiger charge is 2.20. The zero-order chi connectivity index (χ0) is 14.7. The Morgan fingerprint density at radius 1 is 1.40 bits per heavy atom. The molecule has 0 aliphatic carbocycles. The van der Waals surface area contributed by atoms with Gasteiger partial charge in [-0.25, -0.2) is 13.8 Å². The molecular weight excluding hydrogens is 346 g/mol. The molecule has 0 fully saturated rings. The Morgan fingerprint density at radius 3 is 2.75 bits per heavy atom. The van der Waals surface area contributed by atoms with Gasteiger partial charge in [-0.15, -0.1) is 11.3 Å². The van der Waals surface area contributed by atoms with E-state index in [0.29, 0.717) is 6.54 Å². The van der Waals surface area contributed by atoms with E-state index in [9.17, 15) is 8.78 Å². The highest BCUT2D eigenvalue weighted by molar-refractivity contribution is 9.10. The summed E-state index contributed by atoms with van der Waals surface area (Å²) >= 11 is 4.63. The fraction of sp³-hybridized carbons (Fsp3) is 0.357. The van der Waals surface area contributed by atoms with Crippen molar-refractivity contribution in [1.82, 2.24) is 10.3 Å². The molecule has 1 atom stereocenters. The van der Waals surface area contributed by atoms with Crippen molar-refractivity contribution in [3.63, 3.8) is 0 Å².